The van der Waals surface area contributed by atoms with Gasteiger partial charge in [0.15, 0.2) is 0 Å². The number of ether oxygens (including phenoxy) is 1. The summed E-state index contributed by atoms with van der Waals surface area (Å²) in [6.45, 7) is 7.59. The van der Waals surface area contributed by atoms with Gasteiger partial charge in [0.25, 0.3) is 0 Å². The molecule has 1 aromatic carbocycles. The van der Waals surface area contributed by atoms with E-state index in [0.717, 1.165) is 29.7 Å². The molecule has 0 unspecified atom stereocenters. The lowest BCUT2D eigenvalue weighted by Gasteiger charge is -2.33. The molecule has 1 aromatic rings. The maximum Gasteiger partial charge on any atom is 0.310 e. The van der Waals surface area contributed by atoms with Crippen LogP contribution in [0.3, 0.4) is 0 Å². The zero-order chi connectivity index (χ0) is 19.6. The van der Waals surface area contributed by atoms with Crippen LogP contribution in [0.4, 0.5) is 5.69 Å². The minimum atomic E-state index is -0.348. The lowest BCUT2D eigenvalue weighted by Crippen LogP contribution is -2.45. The van der Waals surface area contributed by atoms with Crippen LogP contribution in [0.5, 0.6) is 0 Å². The van der Waals surface area contributed by atoms with Gasteiger partial charge in [0.2, 0.25) is 11.8 Å². The molecule has 0 bridgehead atoms. The van der Waals surface area contributed by atoms with Crippen molar-refractivity contribution in [2.24, 2.45) is 11.8 Å². The van der Waals surface area contributed by atoms with Gasteiger partial charge in [0.05, 0.1) is 18.4 Å². The molecule has 0 N–H and O–H groups in total. The molecule has 2 aliphatic rings. The average molecular weight is 372 g/mol. The number of benzene rings is 1. The number of hydrogen-bond donors (Lipinski definition) is 0. The second-order valence-corrected chi connectivity index (χ2v) is 7.63. The number of esters is 1. The number of carbonyl (C=O) groups excluding carboxylic acids is 3. The Kier molecular flexibility index (Phi) is 5.82. The van der Waals surface area contributed by atoms with Crippen molar-refractivity contribution in [1.29, 1.82) is 0 Å². The van der Waals surface area contributed by atoms with Gasteiger partial charge >= 0.3 is 5.97 Å². The highest BCUT2D eigenvalue weighted by Gasteiger charge is 2.39. The molecule has 6 nitrogen and oxygen atoms in total. The molecule has 0 spiro atoms. The van der Waals surface area contributed by atoms with Crippen molar-refractivity contribution >= 4 is 23.5 Å². The van der Waals surface area contributed by atoms with E-state index in [0.29, 0.717) is 26.2 Å². The SMILES string of the molecule is CCOC(=O)[C@H]1CCCN(C(=O)[C@@H]2CC(=O)N(c3cc(C)cc(C)c3)C2)C1. The molecule has 2 atom stereocenters. The molecule has 146 valence electrons. The van der Waals surface area contributed by atoms with E-state index in [1.54, 1.807) is 16.7 Å². The Morgan fingerprint density at radius 2 is 1.81 bits per heavy atom. The Balaban J connectivity index is 1.67. The zero-order valence-corrected chi connectivity index (χ0v) is 16.4. The summed E-state index contributed by atoms with van der Waals surface area (Å²) in [4.78, 5) is 41.0. The molecule has 2 heterocycles. The first-order chi connectivity index (χ1) is 12.9. The van der Waals surface area contributed by atoms with E-state index < -0.39 is 0 Å². The summed E-state index contributed by atoms with van der Waals surface area (Å²) in [5, 5.41) is 0. The van der Waals surface area contributed by atoms with Crippen molar-refractivity contribution in [3.05, 3.63) is 29.3 Å². The second-order valence-electron chi connectivity index (χ2n) is 7.63. The summed E-state index contributed by atoms with van der Waals surface area (Å²) >= 11 is 0. The number of likely N-dealkylation sites (tertiary alicyclic amines) is 1. The predicted octanol–water partition coefficient (Wildman–Crippen LogP) is 2.46. The van der Waals surface area contributed by atoms with Gasteiger partial charge in [-0.1, -0.05) is 6.07 Å². The summed E-state index contributed by atoms with van der Waals surface area (Å²) < 4.78 is 5.11. The number of piperidine rings is 1. The normalized spacial score (nSPS) is 22.9. The van der Waals surface area contributed by atoms with Crippen molar-refractivity contribution in [2.75, 3.05) is 31.1 Å². The first kappa shape index (κ1) is 19.4. The van der Waals surface area contributed by atoms with Gasteiger partial charge in [-0.15, -0.1) is 0 Å². The summed E-state index contributed by atoms with van der Waals surface area (Å²) in [5.41, 5.74) is 3.05. The smallest absolute Gasteiger partial charge is 0.310 e. The third kappa shape index (κ3) is 4.31. The van der Waals surface area contributed by atoms with E-state index in [4.69, 9.17) is 4.74 Å². The highest BCUT2D eigenvalue weighted by atomic mass is 16.5. The van der Waals surface area contributed by atoms with Crippen LogP contribution in [-0.2, 0) is 19.1 Å². The largest absolute Gasteiger partial charge is 0.466 e. The van der Waals surface area contributed by atoms with Gasteiger partial charge in [-0.25, -0.2) is 0 Å². The van der Waals surface area contributed by atoms with E-state index in [2.05, 4.69) is 6.07 Å². The van der Waals surface area contributed by atoms with Crippen LogP contribution in [0.15, 0.2) is 18.2 Å². The quantitative estimate of drug-likeness (QED) is 0.762. The topological polar surface area (TPSA) is 66.9 Å². The van der Waals surface area contributed by atoms with Gasteiger partial charge in [0.1, 0.15) is 0 Å². The van der Waals surface area contributed by atoms with Crippen molar-refractivity contribution < 1.29 is 19.1 Å². The van der Waals surface area contributed by atoms with Crippen LogP contribution < -0.4 is 4.90 Å². The van der Waals surface area contributed by atoms with Crippen LogP contribution >= 0.6 is 0 Å². The van der Waals surface area contributed by atoms with Gasteiger partial charge in [0, 0.05) is 31.7 Å². The Hall–Kier alpha value is -2.37. The van der Waals surface area contributed by atoms with Gasteiger partial charge in [-0.3, -0.25) is 14.4 Å². The Labute approximate surface area is 160 Å². The fourth-order valence-electron chi connectivity index (χ4n) is 4.12. The molecular weight excluding hydrogens is 344 g/mol. The molecule has 27 heavy (non-hydrogen) atoms. The molecule has 3 rings (SSSR count). The van der Waals surface area contributed by atoms with Gasteiger partial charge in [-0.2, -0.15) is 0 Å². The zero-order valence-electron chi connectivity index (χ0n) is 16.4. The van der Waals surface area contributed by atoms with Crippen LogP contribution in [0.1, 0.15) is 37.3 Å². The number of nitrogens with zero attached hydrogens (tertiary/aromatic N) is 2. The summed E-state index contributed by atoms with van der Waals surface area (Å²) in [6, 6.07) is 6.03. The van der Waals surface area contributed by atoms with Gasteiger partial charge < -0.3 is 14.5 Å². The van der Waals surface area contributed by atoms with Crippen molar-refractivity contribution in [2.45, 2.75) is 40.0 Å². The van der Waals surface area contributed by atoms with E-state index in [1.807, 2.05) is 26.0 Å². The Bertz CT molecular complexity index is 725. The van der Waals surface area contributed by atoms with Crippen LogP contribution in [-0.4, -0.2) is 48.9 Å². The summed E-state index contributed by atoms with van der Waals surface area (Å²) in [6.07, 6.45) is 1.77. The lowest BCUT2D eigenvalue weighted by atomic mass is 9.96. The van der Waals surface area contributed by atoms with Gasteiger partial charge in [-0.05, 0) is 56.9 Å². The van der Waals surface area contributed by atoms with Crippen LogP contribution in [0.2, 0.25) is 0 Å². The molecule has 6 heteroatoms. The monoisotopic (exact) mass is 372 g/mol. The number of aryl methyl sites for hydroxylation is 2. The predicted molar refractivity (Wildman–Crippen MR) is 102 cm³/mol. The molecule has 0 saturated carbocycles. The molecule has 2 amide bonds. The fraction of sp³-hybridized carbons (Fsp3) is 0.571. The molecular formula is C21H28N2O4. The maximum absolute atomic E-state index is 13.0. The first-order valence-electron chi connectivity index (χ1n) is 9.73. The molecule has 2 fully saturated rings. The highest BCUT2D eigenvalue weighted by Crippen LogP contribution is 2.29. The van der Waals surface area contributed by atoms with Crippen molar-refractivity contribution in [3.8, 4) is 0 Å². The van der Waals surface area contributed by atoms with E-state index >= 15 is 0 Å². The first-order valence-corrected chi connectivity index (χ1v) is 9.73. The number of amides is 2. The van der Waals surface area contributed by atoms with Crippen molar-refractivity contribution in [3.63, 3.8) is 0 Å². The van der Waals surface area contributed by atoms with E-state index in [9.17, 15) is 14.4 Å². The third-order valence-corrected chi connectivity index (χ3v) is 5.35. The number of anilines is 1. The fourth-order valence-corrected chi connectivity index (χ4v) is 4.12. The second kappa shape index (κ2) is 8.11. The van der Waals surface area contributed by atoms with Crippen LogP contribution in [0.25, 0.3) is 0 Å². The Morgan fingerprint density at radius 1 is 1.11 bits per heavy atom. The highest BCUT2D eigenvalue weighted by molar-refractivity contribution is 6.00. The number of carbonyl (C=O) groups is 3. The standard InChI is InChI=1S/C21H28N2O4/c1-4-27-21(26)16-6-5-7-22(12-16)20(25)17-11-19(24)23(13-17)18-9-14(2)8-15(3)10-18/h8-10,16-17H,4-7,11-13H2,1-3H3/t16-,17+/m0/s1. The molecule has 2 aliphatic heterocycles. The third-order valence-electron chi connectivity index (χ3n) is 5.35. The minimum absolute atomic E-state index is 0.0164. The average Bonchev–Trinajstić information content (AvgIpc) is 3.02. The maximum atomic E-state index is 13.0. The number of hydrogen-bond acceptors (Lipinski definition) is 4. The Morgan fingerprint density at radius 3 is 2.48 bits per heavy atom. The molecule has 2 saturated heterocycles. The minimum Gasteiger partial charge on any atom is -0.466 e. The lowest BCUT2D eigenvalue weighted by molar-refractivity contribution is -0.152. The summed E-state index contributed by atoms with van der Waals surface area (Å²) in [7, 11) is 0. The number of rotatable bonds is 4. The molecule has 0 aliphatic carbocycles. The molecule has 0 aromatic heterocycles. The molecule has 0 radical (unpaired) electrons. The summed E-state index contributed by atoms with van der Waals surface area (Å²) in [5.74, 6) is -0.870. The van der Waals surface area contributed by atoms with E-state index in [1.165, 1.54) is 0 Å². The van der Waals surface area contributed by atoms with Crippen LogP contribution in [0, 0.1) is 25.7 Å². The van der Waals surface area contributed by atoms with Crippen molar-refractivity contribution in [1.82, 2.24) is 4.90 Å². The van der Waals surface area contributed by atoms with E-state index in [-0.39, 0.29) is 36.0 Å².